The van der Waals surface area contributed by atoms with E-state index in [-0.39, 0.29) is 6.42 Å². The van der Waals surface area contributed by atoms with E-state index >= 15 is 0 Å². The van der Waals surface area contributed by atoms with Gasteiger partial charge in [0.25, 0.3) is 0 Å². The lowest BCUT2D eigenvalue weighted by atomic mass is 10.2. The van der Waals surface area contributed by atoms with Gasteiger partial charge >= 0.3 is 6.18 Å². The fraction of sp³-hybridized carbons (Fsp3) is 0.636. The number of anilines is 2. The zero-order valence-corrected chi connectivity index (χ0v) is 10.2. The Labute approximate surface area is 104 Å². The Kier molecular flexibility index (Phi) is 5.18. The van der Waals surface area contributed by atoms with E-state index in [1.54, 1.807) is 0 Å². The molecule has 0 unspecified atom stereocenters. The van der Waals surface area contributed by atoms with Gasteiger partial charge in [-0.1, -0.05) is 6.92 Å². The van der Waals surface area contributed by atoms with Crippen LogP contribution in [0, 0.1) is 0 Å². The number of nitrogens with two attached hydrogens (primary N) is 1. The third kappa shape index (κ3) is 4.77. The van der Waals surface area contributed by atoms with Gasteiger partial charge in [0.1, 0.15) is 18.0 Å². The van der Waals surface area contributed by atoms with Crippen molar-refractivity contribution in [1.82, 2.24) is 9.97 Å². The van der Waals surface area contributed by atoms with Crippen molar-refractivity contribution in [3.63, 3.8) is 0 Å². The number of nitrogens with zero attached hydrogens (tertiary/aromatic N) is 2. The van der Waals surface area contributed by atoms with E-state index in [9.17, 15) is 13.2 Å². The molecule has 4 nitrogen and oxygen atoms in total. The molecule has 18 heavy (non-hydrogen) atoms. The average molecular weight is 262 g/mol. The maximum absolute atomic E-state index is 11.9. The van der Waals surface area contributed by atoms with Crippen molar-refractivity contribution >= 4 is 11.6 Å². The van der Waals surface area contributed by atoms with Crippen molar-refractivity contribution < 1.29 is 13.2 Å². The highest BCUT2D eigenvalue weighted by atomic mass is 19.4. The number of aromatic nitrogens is 2. The lowest BCUT2D eigenvalue weighted by Gasteiger charge is -2.11. The lowest BCUT2D eigenvalue weighted by molar-refractivity contribution is -0.135. The predicted octanol–water partition coefficient (Wildman–Crippen LogP) is 2.77. The second-order valence-electron chi connectivity index (χ2n) is 3.94. The first-order valence-electron chi connectivity index (χ1n) is 5.84. The van der Waals surface area contributed by atoms with E-state index in [2.05, 4.69) is 15.3 Å². The molecule has 0 saturated carbocycles. The minimum atomic E-state index is -4.08. The highest BCUT2D eigenvalue weighted by Gasteiger charge is 2.25. The Hall–Kier alpha value is -1.53. The number of alkyl halides is 3. The number of nitrogen functional groups attached to an aromatic ring is 1. The zero-order chi connectivity index (χ0) is 13.6. The van der Waals surface area contributed by atoms with Gasteiger partial charge in [-0.2, -0.15) is 13.2 Å². The number of hydrogen-bond acceptors (Lipinski definition) is 4. The molecule has 1 aromatic rings. The van der Waals surface area contributed by atoms with Gasteiger partial charge in [0.2, 0.25) is 0 Å². The van der Waals surface area contributed by atoms with Crippen molar-refractivity contribution in [1.29, 1.82) is 0 Å². The van der Waals surface area contributed by atoms with Crippen LogP contribution < -0.4 is 11.1 Å². The fourth-order valence-corrected chi connectivity index (χ4v) is 1.58. The molecule has 0 aliphatic carbocycles. The van der Waals surface area contributed by atoms with Crippen LogP contribution in [-0.4, -0.2) is 22.7 Å². The number of unbranched alkanes of at least 4 members (excludes halogenated alkanes) is 1. The smallest absolute Gasteiger partial charge is 0.383 e. The molecule has 3 N–H and O–H groups in total. The summed E-state index contributed by atoms with van der Waals surface area (Å²) in [5, 5.41) is 2.99. The molecule has 1 rings (SSSR count). The minimum absolute atomic E-state index is 0.110. The first-order chi connectivity index (χ1) is 8.44. The molecule has 102 valence electrons. The first kappa shape index (κ1) is 14.5. The van der Waals surface area contributed by atoms with E-state index in [0.29, 0.717) is 31.0 Å². The van der Waals surface area contributed by atoms with Crippen LogP contribution in [0.25, 0.3) is 0 Å². The number of hydrogen-bond donors (Lipinski definition) is 2. The van der Waals surface area contributed by atoms with Crippen LogP contribution in [0.1, 0.15) is 31.7 Å². The van der Waals surface area contributed by atoms with Crippen molar-refractivity contribution in [3.8, 4) is 0 Å². The minimum Gasteiger partial charge on any atom is -0.383 e. The molecule has 0 radical (unpaired) electrons. The fourth-order valence-electron chi connectivity index (χ4n) is 1.58. The van der Waals surface area contributed by atoms with Crippen LogP contribution in [0.3, 0.4) is 0 Å². The van der Waals surface area contributed by atoms with E-state index in [1.807, 2.05) is 6.92 Å². The summed E-state index contributed by atoms with van der Waals surface area (Å²) in [4.78, 5) is 7.90. The third-order valence-corrected chi connectivity index (χ3v) is 2.51. The molecule has 0 fully saturated rings. The highest BCUT2D eigenvalue weighted by molar-refractivity contribution is 5.54. The predicted molar refractivity (Wildman–Crippen MR) is 64.2 cm³/mol. The SMILES string of the molecule is CCc1c(N)ncnc1NCCCCC(F)(F)F. The average Bonchev–Trinajstić information content (AvgIpc) is 2.27. The van der Waals surface area contributed by atoms with Crippen LogP contribution in [0.15, 0.2) is 6.33 Å². The molecule has 0 spiro atoms. The molecule has 0 aliphatic heterocycles. The van der Waals surface area contributed by atoms with Crippen molar-refractivity contribution in [2.45, 2.75) is 38.8 Å². The summed E-state index contributed by atoms with van der Waals surface area (Å²) in [6, 6.07) is 0. The third-order valence-electron chi connectivity index (χ3n) is 2.51. The second kappa shape index (κ2) is 6.42. The highest BCUT2D eigenvalue weighted by Crippen LogP contribution is 2.22. The molecular formula is C11H17F3N4. The van der Waals surface area contributed by atoms with Crippen molar-refractivity contribution in [2.75, 3.05) is 17.6 Å². The van der Waals surface area contributed by atoms with Gasteiger partial charge in [0.05, 0.1) is 0 Å². The van der Waals surface area contributed by atoms with Crippen LogP contribution in [0.5, 0.6) is 0 Å². The monoisotopic (exact) mass is 262 g/mol. The number of nitrogens with one attached hydrogen (secondary N) is 1. The molecular weight excluding hydrogens is 245 g/mol. The normalized spacial score (nSPS) is 11.6. The van der Waals surface area contributed by atoms with Crippen LogP contribution >= 0.6 is 0 Å². The Morgan fingerprint density at radius 2 is 2.00 bits per heavy atom. The molecule has 0 atom stereocenters. The van der Waals surface area contributed by atoms with Crippen molar-refractivity contribution in [2.24, 2.45) is 0 Å². The molecule has 1 heterocycles. The summed E-state index contributed by atoms with van der Waals surface area (Å²) in [6.07, 6.45) is -2.26. The molecule has 0 bridgehead atoms. The molecule has 0 aliphatic rings. The topological polar surface area (TPSA) is 63.8 Å². The van der Waals surface area contributed by atoms with E-state index in [1.165, 1.54) is 6.33 Å². The number of rotatable bonds is 6. The Morgan fingerprint density at radius 1 is 1.28 bits per heavy atom. The van der Waals surface area contributed by atoms with Crippen LogP contribution in [0.4, 0.5) is 24.8 Å². The maximum Gasteiger partial charge on any atom is 0.389 e. The number of halogens is 3. The molecule has 1 aromatic heterocycles. The van der Waals surface area contributed by atoms with Gasteiger partial charge in [-0.25, -0.2) is 9.97 Å². The van der Waals surface area contributed by atoms with E-state index < -0.39 is 12.6 Å². The molecule has 7 heteroatoms. The van der Waals surface area contributed by atoms with Gasteiger partial charge in [-0.15, -0.1) is 0 Å². The van der Waals surface area contributed by atoms with Gasteiger partial charge < -0.3 is 11.1 Å². The standard InChI is InChI=1S/C11H17F3N4/c1-2-8-9(15)17-7-18-10(8)16-6-4-3-5-11(12,13)14/h7H,2-6H2,1H3,(H3,15,16,17,18). The summed E-state index contributed by atoms with van der Waals surface area (Å²) in [7, 11) is 0. The van der Waals surface area contributed by atoms with Gasteiger partial charge in [-0.3, -0.25) is 0 Å². The van der Waals surface area contributed by atoms with Crippen LogP contribution in [-0.2, 0) is 6.42 Å². The zero-order valence-electron chi connectivity index (χ0n) is 10.2. The summed E-state index contributed by atoms with van der Waals surface area (Å²) < 4.78 is 35.8. The quantitative estimate of drug-likeness (QED) is 0.774. The van der Waals surface area contributed by atoms with Gasteiger partial charge in [0, 0.05) is 18.5 Å². The summed E-state index contributed by atoms with van der Waals surface area (Å²) in [5.74, 6) is 1.02. The van der Waals surface area contributed by atoms with Gasteiger partial charge in [0.15, 0.2) is 0 Å². The molecule has 0 aromatic carbocycles. The summed E-state index contributed by atoms with van der Waals surface area (Å²) >= 11 is 0. The Morgan fingerprint density at radius 3 is 2.61 bits per heavy atom. The van der Waals surface area contributed by atoms with E-state index in [0.717, 1.165) is 5.56 Å². The summed E-state index contributed by atoms with van der Waals surface area (Å²) in [6.45, 7) is 2.36. The maximum atomic E-state index is 11.9. The molecule has 0 amide bonds. The van der Waals surface area contributed by atoms with Gasteiger partial charge in [-0.05, 0) is 19.3 Å². The second-order valence-corrected chi connectivity index (χ2v) is 3.94. The Balaban J connectivity index is 2.38. The van der Waals surface area contributed by atoms with Crippen molar-refractivity contribution in [3.05, 3.63) is 11.9 Å². The largest absolute Gasteiger partial charge is 0.389 e. The van der Waals surface area contributed by atoms with Crippen LogP contribution in [0.2, 0.25) is 0 Å². The molecule has 0 saturated heterocycles. The Bertz CT molecular complexity index is 379. The van der Waals surface area contributed by atoms with E-state index in [4.69, 9.17) is 5.73 Å². The lowest BCUT2D eigenvalue weighted by Crippen LogP contribution is -2.11. The first-order valence-corrected chi connectivity index (χ1v) is 5.84. The summed E-state index contributed by atoms with van der Waals surface area (Å²) in [5.41, 5.74) is 6.48.